The maximum Gasteiger partial charge on any atom is 0.272 e. The van der Waals surface area contributed by atoms with Gasteiger partial charge in [-0.05, 0) is 26.0 Å². The van der Waals surface area contributed by atoms with Gasteiger partial charge < -0.3 is 4.57 Å². The number of para-hydroxylation sites is 2. The van der Waals surface area contributed by atoms with Gasteiger partial charge in [0.1, 0.15) is 12.4 Å². The number of aromatic nitrogens is 2. The molecule has 0 aliphatic rings. The van der Waals surface area contributed by atoms with E-state index in [0.717, 1.165) is 16.9 Å². The number of nitrogens with one attached hydrogen (secondary N) is 1. The summed E-state index contributed by atoms with van der Waals surface area (Å²) in [6.45, 7) is 3.58. The lowest BCUT2D eigenvalue weighted by atomic mass is 10.1. The van der Waals surface area contributed by atoms with Crippen LogP contribution in [-0.4, -0.2) is 26.6 Å². The Hall–Kier alpha value is -3.55. The molecular formula is C18H17N5O3. The number of hydrazone groups is 1. The highest BCUT2D eigenvalue weighted by Crippen LogP contribution is 2.18. The first-order valence-electron chi connectivity index (χ1n) is 7.94. The Bertz CT molecular complexity index is 1020. The normalized spacial score (nSPS) is 11.2. The Kier molecular flexibility index (Phi) is 4.74. The van der Waals surface area contributed by atoms with Crippen molar-refractivity contribution >= 4 is 28.8 Å². The molecule has 26 heavy (non-hydrogen) atoms. The van der Waals surface area contributed by atoms with Crippen molar-refractivity contribution < 1.29 is 9.72 Å². The molecule has 3 aromatic rings. The van der Waals surface area contributed by atoms with E-state index in [1.54, 1.807) is 23.6 Å². The average Bonchev–Trinajstić information content (AvgIpc) is 2.92. The molecule has 0 aliphatic heterocycles. The predicted molar refractivity (Wildman–Crippen MR) is 98.0 cm³/mol. The Labute approximate surface area is 149 Å². The maximum atomic E-state index is 12.1. The van der Waals surface area contributed by atoms with E-state index in [-0.39, 0.29) is 18.1 Å². The maximum absolute atomic E-state index is 12.1. The number of aryl methyl sites for hydroxylation is 2. The van der Waals surface area contributed by atoms with Crippen LogP contribution < -0.4 is 5.43 Å². The van der Waals surface area contributed by atoms with Gasteiger partial charge in [-0.3, -0.25) is 14.9 Å². The van der Waals surface area contributed by atoms with E-state index in [2.05, 4.69) is 15.5 Å². The first-order valence-corrected chi connectivity index (χ1v) is 7.94. The van der Waals surface area contributed by atoms with Crippen LogP contribution in [0.1, 0.15) is 17.0 Å². The van der Waals surface area contributed by atoms with Crippen LogP contribution in [0, 0.1) is 24.0 Å². The largest absolute Gasteiger partial charge is 0.319 e. The summed E-state index contributed by atoms with van der Waals surface area (Å²) in [5.41, 5.74) is 5.25. The van der Waals surface area contributed by atoms with Gasteiger partial charge in [0.15, 0.2) is 0 Å². The number of nitrogens with zero attached hydrogens (tertiary/aromatic N) is 4. The molecular weight excluding hydrogens is 334 g/mol. The van der Waals surface area contributed by atoms with Gasteiger partial charge in [0, 0.05) is 17.2 Å². The van der Waals surface area contributed by atoms with Gasteiger partial charge in [-0.1, -0.05) is 24.3 Å². The topological polar surface area (TPSA) is 102 Å². The number of carbonyl (C=O) groups excluding carboxylic acids is 1. The van der Waals surface area contributed by atoms with Crippen LogP contribution in [0.3, 0.4) is 0 Å². The molecule has 0 saturated carbocycles. The Balaban J connectivity index is 1.69. The number of nitro groups is 1. The number of hydrogen-bond acceptors (Lipinski definition) is 5. The zero-order chi connectivity index (χ0) is 18.7. The number of benzene rings is 2. The molecule has 0 bridgehead atoms. The monoisotopic (exact) mass is 351 g/mol. The van der Waals surface area contributed by atoms with Crippen molar-refractivity contribution in [2.75, 3.05) is 0 Å². The van der Waals surface area contributed by atoms with E-state index >= 15 is 0 Å². The highest BCUT2D eigenvalue weighted by atomic mass is 16.6. The number of imidazole rings is 1. The predicted octanol–water partition coefficient (Wildman–Crippen LogP) is 2.71. The number of carbonyl (C=O) groups is 1. The van der Waals surface area contributed by atoms with Crippen LogP contribution in [0.25, 0.3) is 11.0 Å². The molecule has 0 fully saturated rings. The van der Waals surface area contributed by atoms with Crippen molar-refractivity contribution in [3.63, 3.8) is 0 Å². The van der Waals surface area contributed by atoms with Crippen molar-refractivity contribution in [1.29, 1.82) is 0 Å². The average molecular weight is 351 g/mol. The van der Waals surface area contributed by atoms with E-state index in [1.807, 2.05) is 31.2 Å². The molecule has 0 unspecified atom stereocenters. The molecule has 0 aliphatic carbocycles. The lowest BCUT2D eigenvalue weighted by molar-refractivity contribution is -0.385. The fraction of sp³-hybridized carbons (Fsp3) is 0.167. The summed E-state index contributed by atoms with van der Waals surface area (Å²) in [6.07, 6.45) is 1.38. The van der Waals surface area contributed by atoms with Gasteiger partial charge in [-0.25, -0.2) is 10.4 Å². The van der Waals surface area contributed by atoms with Crippen molar-refractivity contribution in [3.05, 3.63) is 69.5 Å². The van der Waals surface area contributed by atoms with Crippen LogP contribution in [-0.2, 0) is 11.3 Å². The first-order chi connectivity index (χ1) is 12.5. The van der Waals surface area contributed by atoms with Gasteiger partial charge in [0.05, 0.1) is 22.2 Å². The molecule has 1 heterocycles. The second-order valence-electron chi connectivity index (χ2n) is 5.83. The fourth-order valence-corrected chi connectivity index (χ4v) is 2.66. The highest BCUT2D eigenvalue weighted by Gasteiger charge is 2.11. The van der Waals surface area contributed by atoms with Gasteiger partial charge >= 0.3 is 0 Å². The van der Waals surface area contributed by atoms with Crippen molar-refractivity contribution in [2.24, 2.45) is 5.10 Å². The van der Waals surface area contributed by atoms with Gasteiger partial charge in [-0.2, -0.15) is 5.10 Å². The molecule has 1 aromatic heterocycles. The summed E-state index contributed by atoms with van der Waals surface area (Å²) in [6, 6.07) is 12.3. The first kappa shape index (κ1) is 17.3. The molecule has 132 valence electrons. The zero-order valence-corrected chi connectivity index (χ0v) is 14.3. The Morgan fingerprint density at radius 2 is 2.08 bits per heavy atom. The molecule has 8 nitrogen and oxygen atoms in total. The van der Waals surface area contributed by atoms with Crippen LogP contribution in [0.4, 0.5) is 5.69 Å². The molecule has 0 spiro atoms. The van der Waals surface area contributed by atoms with Crippen LogP contribution in [0.2, 0.25) is 0 Å². The summed E-state index contributed by atoms with van der Waals surface area (Å²) < 4.78 is 1.80. The summed E-state index contributed by atoms with van der Waals surface area (Å²) in [5, 5.41) is 14.8. The molecule has 1 amide bonds. The number of nitro benzene ring substituents is 1. The molecule has 3 rings (SSSR count). The minimum atomic E-state index is -0.446. The highest BCUT2D eigenvalue weighted by molar-refractivity contribution is 5.84. The van der Waals surface area contributed by atoms with Crippen molar-refractivity contribution in [3.8, 4) is 0 Å². The van der Waals surface area contributed by atoms with Crippen LogP contribution in [0.15, 0.2) is 47.6 Å². The van der Waals surface area contributed by atoms with E-state index in [9.17, 15) is 14.9 Å². The third-order valence-electron chi connectivity index (χ3n) is 3.98. The molecule has 0 saturated heterocycles. The lowest BCUT2D eigenvalue weighted by Crippen LogP contribution is -2.23. The van der Waals surface area contributed by atoms with Gasteiger partial charge in [-0.15, -0.1) is 0 Å². The number of hydrogen-bond donors (Lipinski definition) is 1. The summed E-state index contributed by atoms with van der Waals surface area (Å²) in [7, 11) is 0. The molecule has 2 aromatic carbocycles. The summed E-state index contributed by atoms with van der Waals surface area (Å²) in [4.78, 5) is 27.1. The van der Waals surface area contributed by atoms with Gasteiger partial charge in [0.2, 0.25) is 0 Å². The van der Waals surface area contributed by atoms with E-state index in [1.165, 1.54) is 12.3 Å². The third-order valence-corrected chi connectivity index (χ3v) is 3.98. The van der Waals surface area contributed by atoms with Crippen molar-refractivity contribution in [1.82, 2.24) is 15.0 Å². The van der Waals surface area contributed by atoms with Crippen LogP contribution >= 0.6 is 0 Å². The standard InChI is InChI=1S/C18H17N5O3/c1-12-7-8-14(9-17(12)23(25)26)10-19-21-18(24)11-22-13(2)20-15-5-3-4-6-16(15)22/h3-10H,11H2,1-2H3,(H,21,24)/b19-10-. The molecule has 0 atom stereocenters. The molecule has 1 N–H and O–H groups in total. The Morgan fingerprint density at radius 3 is 2.85 bits per heavy atom. The smallest absolute Gasteiger partial charge is 0.272 e. The fourth-order valence-electron chi connectivity index (χ4n) is 2.66. The minimum Gasteiger partial charge on any atom is -0.319 e. The minimum absolute atomic E-state index is 0.0146. The van der Waals surface area contributed by atoms with E-state index < -0.39 is 4.92 Å². The van der Waals surface area contributed by atoms with E-state index in [0.29, 0.717) is 11.1 Å². The lowest BCUT2D eigenvalue weighted by Gasteiger charge is -2.05. The van der Waals surface area contributed by atoms with E-state index in [4.69, 9.17) is 0 Å². The second kappa shape index (κ2) is 7.14. The number of fused-ring (bicyclic) bond motifs is 1. The van der Waals surface area contributed by atoms with Crippen LogP contribution in [0.5, 0.6) is 0 Å². The van der Waals surface area contributed by atoms with Crippen molar-refractivity contribution in [2.45, 2.75) is 20.4 Å². The molecule has 8 heteroatoms. The van der Waals surface area contributed by atoms with Gasteiger partial charge in [0.25, 0.3) is 11.6 Å². The second-order valence-corrected chi connectivity index (χ2v) is 5.83. The summed E-state index contributed by atoms with van der Waals surface area (Å²) >= 11 is 0. The molecule has 0 radical (unpaired) electrons. The number of rotatable bonds is 5. The number of amides is 1. The Morgan fingerprint density at radius 1 is 1.31 bits per heavy atom. The summed E-state index contributed by atoms with van der Waals surface area (Å²) in [5.74, 6) is 0.425. The SMILES string of the molecule is Cc1ccc(/C=N\NC(=O)Cn2c(C)nc3ccccc32)cc1[N+](=O)[O-]. The zero-order valence-electron chi connectivity index (χ0n) is 14.3. The quantitative estimate of drug-likeness (QED) is 0.434. The third kappa shape index (κ3) is 3.59.